The van der Waals surface area contributed by atoms with Crippen LogP contribution >= 0.6 is 0 Å². The zero-order valence-corrected chi connectivity index (χ0v) is 6.53. The summed E-state index contributed by atoms with van der Waals surface area (Å²) in [5, 5.41) is 0. The molecule has 0 atom stereocenters. The molecule has 0 aliphatic carbocycles. The molecule has 0 rings (SSSR count). The molecule has 0 aromatic carbocycles. The first-order valence-corrected chi connectivity index (χ1v) is 4.68. The van der Waals surface area contributed by atoms with E-state index in [9.17, 15) is 34.6 Å². The van der Waals surface area contributed by atoms with E-state index in [1.165, 1.54) is 0 Å². The fraction of sp³-hybridized carbons (Fsp3) is 1.00. The molecule has 0 saturated carbocycles. The Labute approximate surface area is 65.0 Å². The average molecular weight is 229 g/mol. The first-order chi connectivity index (χ1) is 4.96. The van der Waals surface area contributed by atoms with E-state index in [2.05, 4.69) is 3.63 Å². The highest BCUT2D eigenvalue weighted by atomic mass is 32.3. The minimum absolute atomic E-state index is 2.25. The van der Waals surface area contributed by atoms with Gasteiger partial charge in [0.15, 0.2) is 0 Å². The summed E-state index contributed by atoms with van der Waals surface area (Å²) in [4.78, 5) is 0. The summed E-state index contributed by atoms with van der Waals surface area (Å²) in [5.74, 6) is 0. The third-order valence-electron chi connectivity index (χ3n) is 0.456. The van der Waals surface area contributed by atoms with Gasteiger partial charge in [-0.25, -0.2) is 8.42 Å². The predicted octanol–water partition coefficient (Wildman–Crippen LogP) is -0.687. The molecule has 0 bridgehead atoms. The van der Waals surface area contributed by atoms with E-state index in [4.69, 9.17) is 0 Å². The molecule has 0 aromatic heterocycles. The van der Waals surface area contributed by atoms with Crippen molar-refractivity contribution in [1.82, 2.24) is 0 Å². The monoisotopic (exact) mass is 229 g/mol. The zero-order valence-electron chi connectivity index (χ0n) is 4.90. The van der Waals surface area contributed by atoms with Crippen molar-refractivity contribution in [2.45, 2.75) is 5.51 Å². The Morgan fingerprint density at radius 3 is 1.50 bits per heavy atom. The van der Waals surface area contributed by atoms with Crippen molar-refractivity contribution >= 4 is 20.5 Å². The molecular weight excluding hydrogens is 229 g/mol. The molecule has 0 radical (unpaired) electrons. The Morgan fingerprint density at radius 1 is 1.08 bits per heavy atom. The second-order valence-electron chi connectivity index (χ2n) is 1.38. The van der Waals surface area contributed by atoms with E-state index in [1.807, 2.05) is 0 Å². The fourth-order valence-corrected chi connectivity index (χ4v) is 1.33. The van der Waals surface area contributed by atoms with Crippen molar-refractivity contribution in [2.75, 3.05) is 0 Å². The maximum atomic E-state index is 11.2. The van der Waals surface area contributed by atoms with Crippen LogP contribution in [0.1, 0.15) is 0 Å². The molecule has 0 spiro atoms. The maximum absolute atomic E-state index is 11.2. The van der Waals surface area contributed by atoms with Gasteiger partial charge in [-0.3, -0.25) is 0 Å². The van der Waals surface area contributed by atoms with Gasteiger partial charge >= 0.3 is 15.6 Å². The van der Waals surface area contributed by atoms with Gasteiger partial charge in [0.2, 0.25) is 10.4 Å². The van der Waals surface area contributed by atoms with Crippen LogP contribution in [-0.2, 0) is 24.1 Å². The van der Waals surface area contributed by atoms with Crippen molar-refractivity contribution in [3.8, 4) is 0 Å². The molecule has 0 amide bonds. The van der Waals surface area contributed by atoms with E-state index in [-0.39, 0.29) is 0 Å². The highest BCUT2D eigenvalue weighted by Gasteiger charge is 2.48. The van der Waals surface area contributed by atoms with Crippen molar-refractivity contribution in [2.24, 2.45) is 0 Å². The number of rotatable bonds is 2. The predicted molar refractivity (Wildman–Crippen MR) is 25.8 cm³/mol. The third kappa shape index (κ3) is 3.34. The SMILES string of the molecule is O=S(=O)([O-])OS(=O)(=O)C(F)(F)F. The van der Waals surface area contributed by atoms with Gasteiger partial charge in [0, 0.05) is 0 Å². The van der Waals surface area contributed by atoms with Gasteiger partial charge in [0.1, 0.15) is 0 Å². The minimum Gasteiger partial charge on any atom is -0.725 e. The summed E-state index contributed by atoms with van der Waals surface area (Å²) in [6, 6.07) is 0. The van der Waals surface area contributed by atoms with Gasteiger partial charge in [0.05, 0.1) is 0 Å². The maximum Gasteiger partial charge on any atom is 0.524 e. The Kier molecular flexibility index (Phi) is 2.74. The van der Waals surface area contributed by atoms with Gasteiger partial charge in [-0.15, -0.1) is 3.63 Å². The van der Waals surface area contributed by atoms with E-state index in [0.717, 1.165) is 0 Å². The van der Waals surface area contributed by atoms with Gasteiger partial charge in [-0.1, -0.05) is 0 Å². The molecular formula is CF3O6S2-. The van der Waals surface area contributed by atoms with Crippen LogP contribution in [0.3, 0.4) is 0 Å². The first-order valence-electron chi connectivity index (χ1n) is 1.94. The zero-order chi connectivity index (χ0) is 10.2. The van der Waals surface area contributed by atoms with Gasteiger partial charge in [0.25, 0.3) is 0 Å². The van der Waals surface area contributed by atoms with Crippen LogP contribution in [-0.4, -0.2) is 26.9 Å². The first kappa shape index (κ1) is 11.6. The van der Waals surface area contributed by atoms with E-state index >= 15 is 0 Å². The van der Waals surface area contributed by atoms with E-state index in [1.54, 1.807) is 0 Å². The van der Waals surface area contributed by atoms with E-state index < -0.39 is 26.0 Å². The second kappa shape index (κ2) is 2.83. The van der Waals surface area contributed by atoms with Crippen molar-refractivity contribution in [1.29, 1.82) is 0 Å². The number of hydrogen-bond donors (Lipinski definition) is 0. The molecule has 0 fully saturated rings. The lowest BCUT2D eigenvalue weighted by molar-refractivity contribution is -0.0502. The van der Waals surface area contributed by atoms with Gasteiger partial charge < -0.3 is 4.55 Å². The highest BCUT2D eigenvalue weighted by molar-refractivity contribution is 7.97. The molecule has 0 heterocycles. The van der Waals surface area contributed by atoms with Gasteiger partial charge in [-0.2, -0.15) is 21.6 Å². The highest BCUT2D eigenvalue weighted by Crippen LogP contribution is 2.25. The number of hydrogen-bond acceptors (Lipinski definition) is 6. The topological polar surface area (TPSA) is 101 Å². The van der Waals surface area contributed by atoms with Gasteiger partial charge in [-0.05, 0) is 0 Å². The van der Waals surface area contributed by atoms with Crippen molar-refractivity contribution in [3.63, 3.8) is 0 Å². The molecule has 11 heteroatoms. The molecule has 0 saturated heterocycles. The molecule has 0 N–H and O–H groups in total. The third-order valence-corrected chi connectivity index (χ3v) is 2.41. The lowest BCUT2D eigenvalue weighted by atomic mass is 11.6. The Balaban J connectivity index is 4.96. The summed E-state index contributed by atoms with van der Waals surface area (Å²) < 4.78 is 83.8. The van der Waals surface area contributed by atoms with Crippen molar-refractivity contribution < 1.29 is 38.2 Å². The summed E-state index contributed by atoms with van der Waals surface area (Å²) in [5.41, 5.74) is -5.93. The molecule has 0 aromatic rings. The lowest BCUT2D eigenvalue weighted by Crippen LogP contribution is -2.27. The summed E-state index contributed by atoms with van der Waals surface area (Å²) >= 11 is 0. The standard InChI is InChI=1S/CHF3O6S2/c2-1(3,4)11(5,6)10-12(7,8)9/h(H,7,8,9)/p-1. The van der Waals surface area contributed by atoms with Crippen molar-refractivity contribution in [3.05, 3.63) is 0 Å². The average Bonchev–Trinajstić information content (AvgIpc) is 1.52. The normalized spacial score (nSPS) is 14.7. The van der Waals surface area contributed by atoms with Crippen LogP contribution < -0.4 is 0 Å². The molecule has 0 unspecified atom stereocenters. The minimum atomic E-state index is -6.36. The Bertz CT molecular complexity index is 345. The number of alkyl halides is 3. The van der Waals surface area contributed by atoms with Crippen LogP contribution in [0.4, 0.5) is 13.2 Å². The lowest BCUT2D eigenvalue weighted by Gasteiger charge is -2.09. The Morgan fingerprint density at radius 2 is 1.42 bits per heavy atom. The van der Waals surface area contributed by atoms with Crippen LogP contribution in [0.2, 0.25) is 0 Å². The summed E-state index contributed by atoms with van der Waals surface area (Å²) in [7, 11) is -12.3. The molecule has 0 aliphatic heterocycles. The molecule has 0 aliphatic rings. The fourth-order valence-electron chi connectivity index (χ4n) is 0.148. The quantitative estimate of drug-likeness (QED) is 0.353. The van der Waals surface area contributed by atoms with Crippen LogP contribution in [0.25, 0.3) is 0 Å². The van der Waals surface area contributed by atoms with Crippen LogP contribution in [0.5, 0.6) is 0 Å². The molecule has 6 nitrogen and oxygen atoms in total. The largest absolute Gasteiger partial charge is 0.725 e. The molecule has 74 valence electrons. The molecule has 12 heavy (non-hydrogen) atoms. The number of halogens is 3. The van der Waals surface area contributed by atoms with E-state index in [0.29, 0.717) is 0 Å². The smallest absolute Gasteiger partial charge is 0.524 e. The Hall–Kier alpha value is -0.390. The van der Waals surface area contributed by atoms with Crippen LogP contribution in [0, 0.1) is 0 Å². The summed E-state index contributed by atoms with van der Waals surface area (Å²) in [6.45, 7) is 0. The summed E-state index contributed by atoms with van der Waals surface area (Å²) in [6.07, 6.45) is 0. The van der Waals surface area contributed by atoms with Crippen LogP contribution in [0.15, 0.2) is 0 Å². The second-order valence-corrected chi connectivity index (χ2v) is 4.11.